The van der Waals surface area contributed by atoms with E-state index >= 15 is 0 Å². The molecule has 0 aromatic heterocycles. The number of benzene rings is 2. The van der Waals surface area contributed by atoms with Crippen LogP contribution in [-0.4, -0.2) is 31.8 Å². The molecule has 0 atom stereocenters. The summed E-state index contributed by atoms with van der Waals surface area (Å²) in [6.07, 6.45) is 2.12. The summed E-state index contributed by atoms with van der Waals surface area (Å²) in [7, 11) is 0. The SMILES string of the molecule is CCOC(=O)c1ccccc1OCCCCCNC(=O)OCc1ccccc1. The molecule has 0 heterocycles. The van der Waals surface area contributed by atoms with Crippen LogP contribution in [0, 0.1) is 0 Å². The molecule has 150 valence electrons. The van der Waals surface area contributed by atoms with E-state index in [-0.39, 0.29) is 12.6 Å². The van der Waals surface area contributed by atoms with Crippen LogP contribution < -0.4 is 10.1 Å². The van der Waals surface area contributed by atoms with Gasteiger partial charge < -0.3 is 19.5 Å². The number of rotatable bonds is 11. The van der Waals surface area contributed by atoms with Crippen molar-refractivity contribution in [2.24, 2.45) is 0 Å². The van der Waals surface area contributed by atoms with Gasteiger partial charge in [-0.2, -0.15) is 0 Å². The molecule has 0 saturated carbocycles. The molecule has 2 aromatic carbocycles. The highest BCUT2D eigenvalue weighted by molar-refractivity contribution is 5.92. The van der Waals surface area contributed by atoms with Crippen molar-refractivity contribution in [2.45, 2.75) is 32.8 Å². The second-order valence-corrected chi connectivity index (χ2v) is 6.11. The van der Waals surface area contributed by atoms with Crippen molar-refractivity contribution in [3.05, 3.63) is 65.7 Å². The summed E-state index contributed by atoms with van der Waals surface area (Å²) in [5.41, 5.74) is 1.39. The first-order chi connectivity index (χ1) is 13.7. The zero-order chi connectivity index (χ0) is 20.0. The maximum atomic E-state index is 11.9. The van der Waals surface area contributed by atoms with Crippen LogP contribution in [0.5, 0.6) is 5.75 Å². The van der Waals surface area contributed by atoms with E-state index < -0.39 is 6.09 Å². The molecule has 0 aliphatic carbocycles. The molecule has 1 amide bonds. The minimum absolute atomic E-state index is 0.264. The lowest BCUT2D eigenvalue weighted by atomic mass is 10.2. The van der Waals surface area contributed by atoms with Gasteiger partial charge in [0.05, 0.1) is 13.2 Å². The van der Waals surface area contributed by atoms with Gasteiger partial charge in [0.15, 0.2) is 0 Å². The molecule has 0 aliphatic rings. The Hall–Kier alpha value is -3.02. The Kier molecular flexibility index (Phi) is 9.41. The van der Waals surface area contributed by atoms with Crippen molar-refractivity contribution in [2.75, 3.05) is 19.8 Å². The highest BCUT2D eigenvalue weighted by Crippen LogP contribution is 2.19. The fourth-order valence-electron chi connectivity index (χ4n) is 2.52. The van der Waals surface area contributed by atoms with Crippen LogP contribution in [0.1, 0.15) is 42.1 Å². The van der Waals surface area contributed by atoms with Crippen LogP contribution >= 0.6 is 0 Å². The number of hydrogen-bond acceptors (Lipinski definition) is 5. The largest absolute Gasteiger partial charge is 0.493 e. The van der Waals surface area contributed by atoms with E-state index in [0.717, 1.165) is 24.8 Å². The van der Waals surface area contributed by atoms with Gasteiger partial charge in [0.1, 0.15) is 17.9 Å². The maximum absolute atomic E-state index is 11.9. The van der Waals surface area contributed by atoms with Crippen molar-refractivity contribution < 1.29 is 23.8 Å². The third-order valence-electron chi connectivity index (χ3n) is 3.94. The Balaban J connectivity index is 1.56. The van der Waals surface area contributed by atoms with Gasteiger partial charge in [-0.05, 0) is 43.9 Å². The number of nitrogens with one attached hydrogen (secondary N) is 1. The third kappa shape index (κ3) is 7.70. The first-order valence-corrected chi connectivity index (χ1v) is 9.54. The standard InChI is InChI=1S/C22H27NO5/c1-2-26-21(24)19-13-7-8-14-20(19)27-16-10-4-9-15-23-22(25)28-17-18-11-5-3-6-12-18/h3,5-8,11-14H,2,4,9-10,15-17H2,1H3,(H,23,25). The summed E-state index contributed by atoms with van der Waals surface area (Å²) >= 11 is 0. The van der Waals surface area contributed by atoms with Crippen molar-refractivity contribution in [1.82, 2.24) is 5.32 Å². The number of carbonyl (C=O) groups excluding carboxylic acids is 2. The number of amides is 1. The first-order valence-electron chi connectivity index (χ1n) is 9.54. The zero-order valence-electron chi connectivity index (χ0n) is 16.2. The molecule has 0 unspecified atom stereocenters. The zero-order valence-corrected chi connectivity index (χ0v) is 16.2. The van der Waals surface area contributed by atoms with Gasteiger partial charge >= 0.3 is 12.1 Å². The monoisotopic (exact) mass is 385 g/mol. The molecule has 0 bridgehead atoms. The van der Waals surface area contributed by atoms with Gasteiger partial charge in [-0.3, -0.25) is 0 Å². The van der Waals surface area contributed by atoms with E-state index in [1.807, 2.05) is 36.4 Å². The molecule has 6 heteroatoms. The van der Waals surface area contributed by atoms with Gasteiger partial charge in [-0.25, -0.2) is 9.59 Å². The summed E-state index contributed by atoms with van der Waals surface area (Å²) in [6.45, 7) is 3.41. The van der Waals surface area contributed by atoms with Crippen molar-refractivity contribution in [3.63, 3.8) is 0 Å². The van der Waals surface area contributed by atoms with Crippen molar-refractivity contribution in [1.29, 1.82) is 0 Å². The van der Waals surface area contributed by atoms with Gasteiger partial charge in [0, 0.05) is 6.54 Å². The predicted molar refractivity (Wildman–Crippen MR) is 106 cm³/mol. The predicted octanol–water partition coefficient (Wildman–Crippen LogP) is 4.34. The lowest BCUT2D eigenvalue weighted by Crippen LogP contribution is -2.25. The Labute approximate surface area is 165 Å². The molecule has 0 saturated heterocycles. The van der Waals surface area contributed by atoms with Crippen LogP contribution in [0.4, 0.5) is 4.79 Å². The fraction of sp³-hybridized carbons (Fsp3) is 0.364. The third-order valence-corrected chi connectivity index (χ3v) is 3.94. The van der Waals surface area contributed by atoms with Gasteiger partial charge in [0.25, 0.3) is 0 Å². The minimum atomic E-state index is -0.413. The number of para-hydroxylation sites is 1. The molecule has 0 spiro atoms. The lowest BCUT2D eigenvalue weighted by molar-refractivity contribution is 0.0521. The fourth-order valence-corrected chi connectivity index (χ4v) is 2.52. The Bertz CT molecular complexity index is 733. The second kappa shape index (κ2) is 12.4. The highest BCUT2D eigenvalue weighted by Gasteiger charge is 2.12. The van der Waals surface area contributed by atoms with Crippen LogP contribution in [0.15, 0.2) is 54.6 Å². The van der Waals surface area contributed by atoms with E-state index in [9.17, 15) is 9.59 Å². The van der Waals surface area contributed by atoms with Crippen LogP contribution in [0.25, 0.3) is 0 Å². The Morgan fingerprint density at radius 2 is 1.64 bits per heavy atom. The van der Waals surface area contributed by atoms with Crippen LogP contribution in [0.2, 0.25) is 0 Å². The van der Waals surface area contributed by atoms with E-state index in [1.54, 1.807) is 25.1 Å². The minimum Gasteiger partial charge on any atom is -0.493 e. The number of hydrogen-bond donors (Lipinski definition) is 1. The second-order valence-electron chi connectivity index (χ2n) is 6.11. The topological polar surface area (TPSA) is 73.9 Å². The lowest BCUT2D eigenvalue weighted by Gasteiger charge is -2.11. The maximum Gasteiger partial charge on any atom is 0.407 e. The summed E-state index contributed by atoms with van der Waals surface area (Å²) in [4.78, 5) is 23.5. The highest BCUT2D eigenvalue weighted by atomic mass is 16.5. The van der Waals surface area contributed by atoms with E-state index in [4.69, 9.17) is 14.2 Å². The average Bonchev–Trinajstić information content (AvgIpc) is 2.72. The summed E-state index contributed by atoms with van der Waals surface area (Å²) in [5, 5.41) is 2.74. The molecule has 0 aliphatic heterocycles. The average molecular weight is 385 g/mol. The molecular formula is C22H27NO5. The smallest absolute Gasteiger partial charge is 0.407 e. The summed E-state index contributed by atoms with van der Waals surface area (Å²) in [5.74, 6) is 0.153. The number of ether oxygens (including phenoxy) is 3. The van der Waals surface area contributed by atoms with Crippen molar-refractivity contribution >= 4 is 12.1 Å². The van der Waals surface area contributed by atoms with Gasteiger partial charge in [0.2, 0.25) is 0 Å². The summed E-state index contributed by atoms with van der Waals surface area (Å²) < 4.78 is 15.9. The number of carbonyl (C=O) groups is 2. The molecule has 0 radical (unpaired) electrons. The normalized spacial score (nSPS) is 10.2. The Morgan fingerprint density at radius 1 is 0.893 bits per heavy atom. The first kappa shape index (κ1) is 21.3. The van der Waals surface area contributed by atoms with E-state index in [1.165, 1.54) is 0 Å². The van der Waals surface area contributed by atoms with E-state index in [2.05, 4.69) is 5.32 Å². The van der Waals surface area contributed by atoms with E-state index in [0.29, 0.717) is 31.1 Å². The number of unbranched alkanes of at least 4 members (excludes halogenated alkanes) is 2. The molecule has 1 N–H and O–H groups in total. The number of alkyl carbamates (subject to hydrolysis) is 1. The quantitative estimate of drug-likeness (QED) is 0.460. The van der Waals surface area contributed by atoms with Gasteiger partial charge in [-0.15, -0.1) is 0 Å². The molecule has 2 aromatic rings. The van der Waals surface area contributed by atoms with Crippen LogP contribution in [-0.2, 0) is 16.1 Å². The van der Waals surface area contributed by atoms with Crippen molar-refractivity contribution in [3.8, 4) is 5.75 Å². The molecular weight excluding hydrogens is 358 g/mol. The molecule has 2 rings (SSSR count). The summed E-state index contributed by atoms with van der Waals surface area (Å²) in [6, 6.07) is 16.6. The molecule has 6 nitrogen and oxygen atoms in total. The van der Waals surface area contributed by atoms with Crippen LogP contribution in [0.3, 0.4) is 0 Å². The van der Waals surface area contributed by atoms with Gasteiger partial charge in [-0.1, -0.05) is 42.5 Å². The Morgan fingerprint density at radius 3 is 2.43 bits per heavy atom. The molecule has 0 fully saturated rings. The molecule has 28 heavy (non-hydrogen) atoms. The number of esters is 1.